The van der Waals surface area contributed by atoms with Crippen LogP contribution in [0.15, 0.2) is 24.4 Å². The summed E-state index contributed by atoms with van der Waals surface area (Å²) in [7, 11) is 0. The maximum atomic E-state index is 13.2. The van der Waals surface area contributed by atoms with E-state index in [0.29, 0.717) is 11.4 Å². The van der Waals surface area contributed by atoms with Crippen LogP contribution in [0, 0.1) is 22.9 Å². The molecule has 0 fully saturated rings. The van der Waals surface area contributed by atoms with Gasteiger partial charge in [-0.1, -0.05) is 0 Å². The van der Waals surface area contributed by atoms with Gasteiger partial charge in [0.25, 0.3) is 11.6 Å². The van der Waals surface area contributed by atoms with E-state index >= 15 is 0 Å². The van der Waals surface area contributed by atoms with E-state index in [1.165, 1.54) is 6.20 Å². The molecule has 19 heavy (non-hydrogen) atoms. The van der Waals surface area contributed by atoms with Crippen LogP contribution in [0.2, 0.25) is 0 Å². The SMILES string of the molecule is Cc1cn[nH]c1NC(=O)c1cc(F)cc([N+](=O)[O-])c1. The van der Waals surface area contributed by atoms with Gasteiger partial charge in [-0.3, -0.25) is 20.0 Å². The van der Waals surface area contributed by atoms with Crippen LogP contribution in [0.25, 0.3) is 0 Å². The zero-order chi connectivity index (χ0) is 14.0. The lowest BCUT2D eigenvalue weighted by Crippen LogP contribution is -2.13. The number of non-ortho nitro benzene ring substituents is 1. The molecule has 2 N–H and O–H groups in total. The van der Waals surface area contributed by atoms with Gasteiger partial charge in [0.05, 0.1) is 17.2 Å². The van der Waals surface area contributed by atoms with Crippen molar-refractivity contribution in [1.82, 2.24) is 10.2 Å². The Kier molecular flexibility index (Phi) is 3.23. The lowest BCUT2D eigenvalue weighted by molar-refractivity contribution is -0.385. The summed E-state index contributed by atoms with van der Waals surface area (Å²) in [6.45, 7) is 1.72. The van der Waals surface area contributed by atoms with Gasteiger partial charge in [-0.2, -0.15) is 5.10 Å². The minimum atomic E-state index is -0.847. The third-order valence-corrected chi connectivity index (χ3v) is 2.42. The van der Waals surface area contributed by atoms with Crippen molar-refractivity contribution in [2.24, 2.45) is 0 Å². The van der Waals surface area contributed by atoms with Gasteiger partial charge >= 0.3 is 0 Å². The molecule has 0 saturated heterocycles. The highest BCUT2D eigenvalue weighted by molar-refractivity contribution is 6.04. The normalized spacial score (nSPS) is 10.2. The Morgan fingerprint density at radius 3 is 2.79 bits per heavy atom. The number of rotatable bonds is 3. The maximum absolute atomic E-state index is 13.2. The molecular weight excluding hydrogens is 255 g/mol. The average molecular weight is 264 g/mol. The highest BCUT2D eigenvalue weighted by atomic mass is 19.1. The number of nitrogens with zero attached hydrogens (tertiary/aromatic N) is 2. The first-order chi connectivity index (χ1) is 8.97. The van der Waals surface area contributed by atoms with Gasteiger partial charge in [0, 0.05) is 17.2 Å². The van der Waals surface area contributed by atoms with Crippen molar-refractivity contribution in [3.63, 3.8) is 0 Å². The number of halogens is 1. The Bertz CT molecular complexity index is 653. The second-order valence-corrected chi connectivity index (χ2v) is 3.84. The summed E-state index contributed by atoms with van der Waals surface area (Å²) in [5, 5.41) is 19.3. The number of H-pyrrole nitrogens is 1. The van der Waals surface area contributed by atoms with Crippen molar-refractivity contribution >= 4 is 17.4 Å². The summed E-state index contributed by atoms with van der Waals surface area (Å²) >= 11 is 0. The van der Waals surface area contributed by atoms with Crippen LogP contribution >= 0.6 is 0 Å². The van der Waals surface area contributed by atoms with E-state index < -0.39 is 22.3 Å². The molecule has 0 radical (unpaired) electrons. The van der Waals surface area contributed by atoms with E-state index in [0.717, 1.165) is 18.2 Å². The Morgan fingerprint density at radius 1 is 1.47 bits per heavy atom. The number of amides is 1. The minimum absolute atomic E-state index is 0.138. The predicted molar refractivity (Wildman–Crippen MR) is 64.3 cm³/mol. The van der Waals surface area contributed by atoms with Crippen LogP contribution in [0.1, 0.15) is 15.9 Å². The number of nitrogens with one attached hydrogen (secondary N) is 2. The standard InChI is InChI=1S/C11H9FN4O3/c1-6-5-13-15-10(6)14-11(17)7-2-8(12)4-9(3-7)16(18)19/h2-5H,1H3,(H2,13,14,15,17). The fourth-order valence-corrected chi connectivity index (χ4v) is 1.47. The largest absolute Gasteiger partial charge is 0.307 e. The molecule has 0 aliphatic heterocycles. The van der Waals surface area contributed by atoms with Crippen LogP contribution in [0.3, 0.4) is 0 Å². The van der Waals surface area contributed by atoms with E-state index in [2.05, 4.69) is 15.5 Å². The number of aryl methyl sites for hydroxylation is 1. The molecular formula is C11H9FN4O3. The zero-order valence-corrected chi connectivity index (χ0v) is 9.81. The average Bonchev–Trinajstić information content (AvgIpc) is 2.74. The van der Waals surface area contributed by atoms with Crippen molar-refractivity contribution in [2.45, 2.75) is 6.92 Å². The first kappa shape index (κ1) is 12.7. The van der Waals surface area contributed by atoms with Crippen LogP contribution in [-0.2, 0) is 0 Å². The number of benzene rings is 1. The number of aromatic amines is 1. The number of carbonyl (C=O) groups is 1. The Morgan fingerprint density at radius 2 is 2.21 bits per heavy atom. The summed E-state index contributed by atoms with van der Waals surface area (Å²) < 4.78 is 13.2. The lowest BCUT2D eigenvalue weighted by Gasteiger charge is -2.04. The second kappa shape index (κ2) is 4.84. The molecule has 98 valence electrons. The molecule has 0 unspecified atom stereocenters. The van der Waals surface area contributed by atoms with Gasteiger partial charge in [0.15, 0.2) is 0 Å². The van der Waals surface area contributed by atoms with E-state index in [1.54, 1.807) is 6.92 Å². The fraction of sp³-hybridized carbons (Fsp3) is 0.0909. The number of carbonyl (C=O) groups excluding carboxylic acids is 1. The smallest absolute Gasteiger partial charge is 0.273 e. The number of hydrogen-bond acceptors (Lipinski definition) is 4. The predicted octanol–water partition coefficient (Wildman–Crippen LogP) is 2.02. The molecule has 7 nitrogen and oxygen atoms in total. The third-order valence-electron chi connectivity index (χ3n) is 2.42. The van der Waals surface area contributed by atoms with Crippen LogP contribution in [0.4, 0.5) is 15.9 Å². The molecule has 0 atom stereocenters. The van der Waals surface area contributed by atoms with Crippen LogP contribution in [-0.4, -0.2) is 21.0 Å². The van der Waals surface area contributed by atoms with Gasteiger partial charge in [-0.25, -0.2) is 4.39 Å². The number of nitro groups is 1. The Labute approximate surface area is 106 Å². The summed E-state index contributed by atoms with van der Waals surface area (Å²) in [4.78, 5) is 21.7. The number of aromatic nitrogens is 2. The Balaban J connectivity index is 2.29. The quantitative estimate of drug-likeness (QED) is 0.654. The molecule has 0 aliphatic rings. The zero-order valence-electron chi connectivity index (χ0n) is 9.81. The second-order valence-electron chi connectivity index (χ2n) is 3.84. The molecule has 1 amide bonds. The van der Waals surface area contributed by atoms with Gasteiger partial charge in [0.1, 0.15) is 11.6 Å². The van der Waals surface area contributed by atoms with Crippen LogP contribution < -0.4 is 5.32 Å². The summed E-state index contributed by atoms with van der Waals surface area (Å²) in [5.74, 6) is -1.15. The van der Waals surface area contributed by atoms with Crippen molar-refractivity contribution in [3.05, 3.63) is 51.5 Å². The fourth-order valence-electron chi connectivity index (χ4n) is 1.47. The maximum Gasteiger partial charge on any atom is 0.273 e. The first-order valence-corrected chi connectivity index (χ1v) is 5.23. The highest BCUT2D eigenvalue weighted by Gasteiger charge is 2.15. The molecule has 1 heterocycles. The Hall–Kier alpha value is -2.77. The third kappa shape index (κ3) is 2.73. The van der Waals surface area contributed by atoms with Crippen molar-refractivity contribution < 1.29 is 14.1 Å². The molecule has 0 saturated carbocycles. The molecule has 2 rings (SSSR count). The molecule has 0 aliphatic carbocycles. The summed E-state index contributed by atoms with van der Waals surface area (Å²) in [6.07, 6.45) is 1.50. The van der Waals surface area contributed by atoms with E-state index in [1.807, 2.05) is 0 Å². The van der Waals surface area contributed by atoms with Gasteiger partial charge in [0.2, 0.25) is 0 Å². The van der Waals surface area contributed by atoms with E-state index in [-0.39, 0.29) is 5.56 Å². The number of nitro benzene ring substituents is 1. The molecule has 2 aromatic rings. The summed E-state index contributed by atoms with van der Waals surface area (Å²) in [6, 6.07) is 2.68. The monoisotopic (exact) mass is 264 g/mol. The van der Waals surface area contributed by atoms with Crippen molar-refractivity contribution in [3.8, 4) is 0 Å². The molecule has 1 aromatic heterocycles. The van der Waals surface area contributed by atoms with Crippen molar-refractivity contribution in [2.75, 3.05) is 5.32 Å². The van der Waals surface area contributed by atoms with Gasteiger partial charge in [-0.05, 0) is 13.0 Å². The topological polar surface area (TPSA) is 101 Å². The number of anilines is 1. The van der Waals surface area contributed by atoms with E-state index in [4.69, 9.17) is 0 Å². The number of hydrogen-bond donors (Lipinski definition) is 2. The first-order valence-electron chi connectivity index (χ1n) is 5.23. The molecule has 0 spiro atoms. The van der Waals surface area contributed by atoms with Crippen molar-refractivity contribution in [1.29, 1.82) is 0 Å². The highest BCUT2D eigenvalue weighted by Crippen LogP contribution is 2.18. The lowest BCUT2D eigenvalue weighted by atomic mass is 10.2. The molecule has 8 heteroatoms. The molecule has 0 bridgehead atoms. The summed E-state index contributed by atoms with van der Waals surface area (Å²) in [5.41, 5.74) is 0.0754. The van der Waals surface area contributed by atoms with Crippen LogP contribution in [0.5, 0.6) is 0 Å². The van der Waals surface area contributed by atoms with Gasteiger partial charge < -0.3 is 5.32 Å². The van der Waals surface area contributed by atoms with E-state index in [9.17, 15) is 19.3 Å². The molecule has 1 aromatic carbocycles. The van der Waals surface area contributed by atoms with Gasteiger partial charge in [-0.15, -0.1) is 0 Å². The minimum Gasteiger partial charge on any atom is -0.307 e.